The first-order chi connectivity index (χ1) is 12.7. The first-order valence-electron chi connectivity index (χ1n) is 8.54. The average Bonchev–Trinajstić information content (AvgIpc) is 2.65. The van der Waals surface area contributed by atoms with Crippen molar-refractivity contribution < 1.29 is 27.8 Å². The summed E-state index contributed by atoms with van der Waals surface area (Å²) in [5, 5.41) is 13.4. The number of aliphatic hydroxyl groups excluding tert-OH is 1. The average molecular weight is 383 g/mol. The molecule has 0 aliphatic carbocycles. The molecule has 0 saturated carbocycles. The normalized spacial score (nSPS) is 13.9. The molecule has 0 saturated heterocycles. The highest BCUT2D eigenvalue weighted by Crippen LogP contribution is 2.31. The molecule has 0 amide bonds. The highest BCUT2D eigenvalue weighted by atomic mass is 19.4. The lowest BCUT2D eigenvalue weighted by Crippen LogP contribution is -2.32. The number of benzene rings is 2. The number of methoxy groups -OCH3 is 2. The Morgan fingerprint density at radius 2 is 1.74 bits per heavy atom. The van der Waals surface area contributed by atoms with Crippen LogP contribution < -0.4 is 14.8 Å². The minimum atomic E-state index is -4.43. The first kappa shape index (κ1) is 21.1. The third-order valence-corrected chi connectivity index (χ3v) is 4.25. The van der Waals surface area contributed by atoms with Gasteiger partial charge in [-0.15, -0.1) is 0 Å². The fraction of sp³-hybridized carbons (Fsp3) is 0.400. The molecule has 2 N–H and O–H groups in total. The minimum absolute atomic E-state index is 0.00329. The van der Waals surface area contributed by atoms with Crippen LogP contribution in [-0.2, 0) is 12.6 Å². The van der Waals surface area contributed by atoms with Crippen molar-refractivity contribution in [3.05, 3.63) is 59.2 Å². The van der Waals surface area contributed by atoms with Gasteiger partial charge in [0.2, 0.25) is 0 Å². The van der Waals surface area contributed by atoms with Crippen molar-refractivity contribution in [1.82, 2.24) is 5.32 Å². The molecule has 0 aliphatic heterocycles. The van der Waals surface area contributed by atoms with E-state index in [0.717, 1.165) is 17.7 Å². The molecule has 0 heterocycles. The van der Waals surface area contributed by atoms with Gasteiger partial charge in [-0.25, -0.2) is 0 Å². The molecule has 2 aromatic rings. The van der Waals surface area contributed by atoms with Crippen molar-refractivity contribution in [3.63, 3.8) is 0 Å². The number of ether oxygens (including phenoxy) is 2. The third kappa shape index (κ3) is 5.87. The molecule has 7 heteroatoms. The van der Waals surface area contributed by atoms with Gasteiger partial charge in [0.25, 0.3) is 0 Å². The third-order valence-electron chi connectivity index (χ3n) is 4.25. The van der Waals surface area contributed by atoms with Gasteiger partial charge in [-0.05, 0) is 48.7 Å². The van der Waals surface area contributed by atoms with Gasteiger partial charge < -0.3 is 19.9 Å². The smallest absolute Gasteiger partial charge is 0.416 e. The molecule has 1 unspecified atom stereocenters. The van der Waals surface area contributed by atoms with E-state index < -0.39 is 17.8 Å². The van der Waals surface area contributed by atoms with E-state index in [1.807, 2.05) is 25.1 Å². The second kappa shape index (κ2) is 9.10. The van der Waals surface area contributed by atoms with E-state index in [9.17, 15) is 18.3 Å². The summed E-state index contributed by atoms with van der Waals surface area (Å²) in [7, 11) is 3.13. The van der Waals surface area contributed by atoms with Gasteiger partial charge >= 0.3 is 6.18 Å². The molecule has 2 aromatic carbocycles. The molecule has 2 atom stereocenters. The van der Waals surface area contributed by atoms with Crippen LogP contribution in [0.1, 0.15) is 29.7 Å². The minimum Gasteiger partial charge on any atom is -0.493 e. The van der Waals surface area contributed by atoms with Crippen LogP contribution in [0.5, 0.6) is 11.5 Å². The lowest BCUT2D eigenvalue weighted by atomic mass is 10.0. The highest BCUT2D eigenvalue weighted by Gasteiger charge is 2.30. The second-order valence-corrected chi connectivity index (χ2v) is 6.34. The van der Waals surface area contributed by atoms with Crippen molar-refractivity contribution in [2.45, 2.75) is 31.7 Å². The Bertz CT molecular complexity index is 749. The molecule has 0 aromatic heterocycles. The SMILES string of the molecule is COc1ccc(CC(C)NC[C@H](O)c2cccc(C(F)(F)F)c2)cc1OC. The van der Waals surface area contributed by atoms with Gasteiger partial charge in [0, 0.05) is 12.6 Å². The number of hydrogen-bond donors (Lipinski definition) is 2. The molecular formula is C20H24F3NO3. The number of hydrogen-bond acceptors (Lipinski definition) is 4. The molecule has 4 nitrogen and oxygen atoms in total. The van der Waals surface area contributed by atoms with Crippen molar-refractivity contribution in [2.75, 3.05) is 20.8 Å². The van der Waals surface area contributed by atoms with Crippen LogP contribution in [0.4, 0.5) is 13.2 Å². The Balaban J connectivity index is 1.94. The summed E-state index contributed by atoms with van der Waals surface area (Å²) < 4.78 is 48.8. The summed E-state index contributed by atoms with van der Waals surface area (Å²) in [6.45, 7) is 2.09. The van der Waals surface area contributed by atoms with Crippen molar-refractivity contribution >= 4 is 0 Å². The van der Waals surface area contributed by atoms with E-state index >= 15 is 0 Å². The second-order valence-electron chi connectivity index (χ2n) is 6.34. The number of nitrogens with one attached hydrogen (secondary N) is 1. The van der Waals surface area contributed by atoms with Gasteiger partial charge in [0.05, 0.1) is 25.9 Å². The predicted octanol–water partition coefficient (Wildman–Crippen LogP) is 3.98. The summed E-state index contributed by atoms with van der Waals surface area (Å²) in [6, 6.07) is 10.4. The number of alkyl halides is 3. The topological polar surface area (TPSA) is 50.7 Å². The van der Waals surface area contributed by atoms with E-state index in [2.05, 4.69) is 5.32 Å². The van der Waals surface area contributed by atoms with Crippen molar-refractivity contribution in [1.29, 1.82) is 0 Å². The van der Waals surface area contributed by atoms with Gasteiger partial charge in [-0.3, -0.25) is 0 Å². The molecule has 0 fully saturated rings. The number of aliphatic hydroxyl groups is 1. The Kier molecular flexibility index (Phi) is 7.10. The van der Waals surface area contributed by atoms with E-state index in [1.54, 1.807) is 14.2 Å². The van der Waals surface area contributed by atoms with Gasteiger partial charge in [-0.1, -0.05) is 18.2 Å². The molecule has 27 heavy (non-hydrogen) atoms. The number of halogens is 3. The summed E-state index contributed by atoms with van der Waals surface area (Å²) in [5.74, 6) is 1.27. The Morgan fingerprint density at radius 1 is 1.04 bits per heavy atom. The van der Waals surface area contributed by atoms with Crippen molar-refractivity contribution in [3.8, 4) is 11.5 Å². The lowest BCUT2D eigenvalue weighted by molar-refractivity contribution is -0.137. The molecular weight excluding hydrogens is 359 g/mol. The summed E-state index contributed by atoms with van der Waals surface area (Å²) in [6.07, 6.45) is -4.79. The zero-order chi connectivity index (χ0) is 20.0. The Hall–Kier alpha value is -2.25. The zero-order valence-corrected chi connectivity index (χ0v) is 15.5. The van der Waals surface area contributed by atoms with Crippen LogP contribution in [0.2, 0.25) is 0 Å². The van der Waals surface area contributed by atoms with Crippen LogP contribution in [0.25, 0.3) is 0 Å². The van der Waals surface area contributed by atoms with Gasteiger partial charge in [0.15, 0.2) is 11.5 Å². The van der Waals surface area contributed by atoms with E-state index in [1.165, 1.54) is 12.1 Å². The molecule has 0 aliphatic rings. The van der Waals surface area contributed by atoms with Gasteiger partial charge in [0.1, 0.15) is 0 Å². The Morgan fingerprint density at radius 3 is 2.37 bits per heavy atom. The summed E-state index contributed by atoms with van der Waals surface area (Å²) >= 11 is 0. The fourth-order valence-corrected chi connectivity index (χ4v) is 2.79. The van der Waals surface area contributed by atoms with Gasteiger partial charge in [-0.2, -0.15) is 13.2 Å². The molecule has 0 spiro atoms. The van der Waals surface area contributed by atoms with Crippen molar-refractivity contribution in [2.24, 2.45) is 0 Å². The maximum absolute atomic E-state index is 12.8. The van der Waals surface area contributed by atoms with Crippen LogP contribution >= 0.6 is 0 Å². The monoisotopic (exact) mass is 383 g/mol. The van der Waals surface area contributed by atoms with Crippen LogP contribution in [0.3, 0.4) is 0 Å². The number of rotatable bonds is 8. The zero-order valence-electron chi connectivity index (χ0n) is 15.5. The lowest BCUT2D eigenvalue weighted by Gasteiger charge is -2.19. The molecule has 2 rings (SSSR count). The summed E-state index contributed by atoms with van der Waals surface area (Å²) in [4.78, 5) is 0. The first-order valence-corrected chi connectivity index (χ1v) is 8.54. The Labute approximate surface area is 156 Å². The van der Waals surface area contributed by atoms with E-state index in [4.69, 9.17) is 9.47 Å². The maximum atomic E-state index is 12.8. The quantitative estimate of drug-likeness (QED) is 0.724. The molecule has 0 radical (unpaired) electrons. The predicted molar refractivity (Wildman–Crippen MR) is 97.1 cm³/mol. The largest absolute Gasteiger partial charge is 0.493 e. The fourth-order valence-electron chi connectivity index (χ4n) is 2.79. The standard InChI is InChI=1S/C20H24F3NO3/c1-13(9-14-7-8-18(26-2)19(10-14)27-3)24-12-17(25)15-5-4-6-16(11-15)20(21,22)23/h4-8,10-11,13,17,24-25H,9,12H2,1-3H3/t13?,17-/m0/s1. The van der Waals surface area contributed by atoms with E-state index in [0.29, 0.717) is 17.9 Å². The highest BCUT2D eigenvalue weighted by molar-refractivity contribution is 5.43. The summed E-state index contributed by atoms with van der Waals surface area (Å²) in [5.41, 5.74) is 0.481. The molecule has 0 bridgehead atoms. The van der Waals surface area contributed by atoms with Crippen LogP contribution in [0, 0.1) is 0 Å². The van der Waals surface area contributed by atoms with Crippen LogP contribution in [-0.4, -0.2) is 31.9 Å². The van der Waals surface area contributed by atoms with E-state index in [-0.39, 0.29) is 18.2 Å². The maximum Gasteiger partial charge on any atom is 0.416 e. The molecule has 148 valence electrons. The van der Waals surface area contributed by atoms with Crippen LogP contribution in [0.15, 0.2) is 42.5 Å².